The van der Waals surface area contributed by atoms with E-state index in [2.05, 4.69) is 4.98 Å². The van der Waals surface area contributed by atoms with Crippen LogP contribution in [0.4, 0.5) is 0 Å². The molecule has 0 bridgehead atoms. The van der Waals surface area contributed by atoms with Gasteiger partial charge in [0.1, 0.15) is 18.5 Å². The summed E-state index contributed by atoms with van der Waals surface area (Å²) in [6.45, 7) is 1.91. The Balaban J connectivity index is 1.21. The van der Waals surface area contributed by atoms with E-state index in [1.54, 1.807) is 12.4 Å². The second kappa shape index (κ2) is 6.92. The van der Waals surface area contributed by atoms with Crippen LogP contribution in [0, 0.1) is 0 Å². The maximum absolute atomic E-state index is 12.2. The number of rotatable bonds is 5. The molecule has 1 aromatic heterocycles. The van der Waals surface area contributed by atoms with Gasteiger partial charge in [0.05, 0.1) is 17.0 Å². The zero-order valence-corrected chi connectivity index (χ0v) is 14.7. The van der Waals surface area contributed by atoms with Crippen LogP contribution in [0.1, 0.15) is 32.1 Å². The number of aromatic nitrogens is 1. The highest BCUT2D eigenvalue weighted by Gasteiger charge is 2.51. The second-order valence-electron chi connectivity index (χ2n) is 7.09. The van der Waals surface area contributed by atoms with Crippen LogP contribution >= 0.6 is 11.8 Å². The van der Waals surface area contributed by atoms with E-state index in [1.165, 1.54) is 12.8 Å². The molecule has 0 N–H and O–H groups in total. The maximum Gasteiger partial charge on any atom is 0.248 e. The van der Waals surface area contributed by atoms with Gasteiger partial charge in [0.2, 0.25) is 5.91 Å². The normalized spacial score (nSPS) is 25.8. The fourth-order valence-corrected chi connectivity index (χ4v) is 5.39. The zero-order valence-electron chi connectivity index (χ0n) is 13.9. The van der Waals surface area contributed by atoms with Crippen LogP contribution in [0.15, 0.2) is 24.5 Å². The van der Waals surface area contributed by atoms with Gasteiger partial charge in [0, 0.05) is 31.5 Å². The highest BCUT2D eigenvalue weighted by atomic mass is 32.2. The lowest BCUT2D eigenvalue weighted by Gasteiger charge is -2.47. The number of hydrogen-bond acceptors (Lipinski definition) is 5. The summed E-state index contributed by atoms with van der Waals surface area (Å²) in [6, 6.07) is 3.83. The first-order chi connectivity index (χ1) is 11.7. The highest BCUT2D eigenvalue weighted by molar-refractivity contribution is 8.01. The average Bonchev–Trinajstić information content (AvgIpc) is 3.22. The van der Waals surface area contributed by atoms with Crippen molar-refractivity contribution < 1.29 is 14.3 Å². The molecule has 0 unspecified atom stereocenters. The Bertz CT molecular complexity index is 571. The molecule has 24 heavy (non-hydrogen) atoms. The summed E-state index contributed by atoms with van der Waals surface area (Å²) in [5.74, 6) is 1.96. The lowest BCUT2D eigenvalue weighted by molar-refractivity contribution is -0.143. The number of carbonyl (C=O) groups is 1. The lowest BCUT2D eigenvalue weighted by atomic mass is 9.93. The Hall–Kier alpha value is -1.27. The number of hydrogen-bond donors (Lipinski definition) is 0. The van der Waals surface area contributed by atoms with Gasteiger partial charge in [-0.05, 0) is 25.0 Å². The second-order valence-corrected chi connectivity index (χ2v) is 8.58. The lowest BCUT2D eigenvalue weighted by Crippen LogP contribution is -2.61. The maximum atomic E-state index is 12.2. The van der Waals surface area contributed by atoms with E-state index < -0.39 is 0 Å². The highest BCUT2D eigenvalue weighted by Crippen LogP contribution is 2.46. The first kappa shape index (κ1) is 16.2. The topological polar surface area (TPSA) is 51.7 Å². The number of likely N-dealkylation sites (tertiary alicyclic amines) is 1. The molecule has 1 amide bonds. The monoisotopic (exact) mass is 348 g/mol. The molecule has 1 saturated carbocycles. The predicted octanol–water partition coefficient (Wildman–Crippen LogP) is 2.51. The van der Waals surface area contributed by atoms with Crippen LogP contribution < -0.4 is 4.74 Å². The third kappa shape index (κ3) is 3.54. The number of carbonyl (C=O) groups excluding carboxylic acids is 1. The molecule has 3 aliphatic rings. The van der Waals surface area contributed by atoms with E-state index in [4.69, 9.17) is 9.47 Å². The van der Waals surface area contributed by atoms with Crippen molar-refractivity contribution >= 4 is 17.7 Å². The largest absolute Gasteiger partial charge is 0.488 e. The van der Waals surface area contributed by atoms with Gasteiger partial charge in [-0.1, -0.05) is 12.8 Å². The molecule has 0 radical (unpaired) electrons. The standard InChI is InChI=1S/C18H24N2O3S/c21-17(10-22-14-4-1-2-5-14)20-12-18(13-20)8-16(11-24-18)23-15-6-3-7-19-9-15/h3,6-7,9,14,16H,1-2,4-5,8,10-13H2/t16-/m0/s1. The SMILES string of the molecule is O=C(COC1CCCC1)N1CC2(C[C@H](Oc3cccnc3)CS2)C1. The Morgan fingerprint density at radius 3 is 2.92 bits per heavy atom. The van der Waals surface area contributed by atoms with Crippen molar-refractivity contribution in [3.63, 3.8) is 0 Å². The van der Waals surface area contributed by atoms with Gasteiger partial charge in [-0.15, -0.1) is 11.8 Å². The molecular weight excluding hydrogens is 324 g/mol. The van der Waals surface area contributed by atoms with Gasteiger partial charge in [0.15, 0.2) is 0 Å². The molecule has 1 aromatic rings. The van der Waals surface area contributed by atoms with Crippen LogP contribution in [0.3, 0.4) is 0 Å². The Morgan fingerprint density at radius 2 is 2.17 bits per heavy atom. The molecule has 5 nitrogen and oxygen atoms in total. The average molecular weight is 348 g/mol. The predicted molar refractivity (Wildman–Crippen MR) is 93.2 cm³/mol. The van der Waals surface area contributed by atoms with Crippen molar-refractivity contribution in [2.45, 2.75) is 49.1 Å². The molecule has 2 saturated heterocycles. The molecule has 3 fully saturated rings. The van der Waals surface area contributed by atoms with Gasteiger partial charge in [-0.25, -0.2) is 0 Å². The third-order valence-corrected chi connectivity index (χ3v) is 6.74. The molecule has 1 spiro atoms. The Labute approximate surface area is 147 Å². The van der Waals surface area contributed by atoms with E-state index in [-0.39, 0.29) is 23.4 Å². The Kier molecular flexibility index (Phi) is 4.68. The van der Waals surface area contributed by atoms with E-state index in [0.29, 0.717) is 6.10 Å². The molecule has 1 aliphatic carbocycles. The number of amides is 1. The van der Waals surface area contributed by atoms with Crippen LogP contribution in [0.25, 0.3) is 0 Å². The van der Waals surface area contributed by atoms with Gasteiger partial charge in [0.25, 0.3) is 0 Å². The molecule has 3 heterocycles. The molecule has 2 aliphatic heterocycles. The number of nitrogens with zero attached hydrogens (tertiary/aromatic N) is 2. The van der Waals surface area contributed by atoms with E-state index in [9.17, 15) is 4.79 Å². The minimum Gasteiger partial charge on any atom is -0.488 e. The van der Waals surface area contributed by atoms with Crippen molar-refractivity contribution in [1.29, 1.82) is 0 Å². The molecule has 6 heteroatoms. The fourth-order valence-electron chi connectivity index (χ4n) is 3.87. The molecular formula is C18H24N2O3S. The molecule has 0 aromatic carbocycles. The molecule has 1 atom stereocenters. The first-order valence-corrected chi connectivity index (χ1v) is 9.81. The summed E-state index contributed by atoms with van der Waals surface area (Å²) in [4.78, 5) is 18.3. The third-order valence-electron chi connectivity index (χ3n) is 5.17. The molecule has 130 valence electrons. The van der Waals surface area contributed by atoms with Crippen LogP contribution in [0.5, 0.6) is 5.75 Å². The summed E-state index contributed by atoms with van der Waals surface area (Å²) in [5, 5.41) is 0. The van der Waals surface area contributed by atoms with Crippen LogP contribution in [-0.4, -0.2) is 58.2 Å². The fraction of sp³-hybridized carbons (Fsp3) is 0.667. The smallest absolute Gasteiger partial charge is 0.248 e. The van der Waals surface area contributed by atoms with Gasteiger partial charge in [-0.2, -0.15) is 0 Å². The van der Waals surface area contributed by atoms with Crippen molar-refractivity contribution in [2.75, 3.05) is 25.4 Å². The van der Waals surface area contributed by atoms with Crippen molar-refractivity contribution in [3.8, 4) is 5.75 Å². The summed E-state index contributed by atoms with van der Waals surface area (Å²) >= 11 is 1.94. The minimum atomic E-state index is 0.143. The van der Waals surface area contributed by atoms with E-state index in [1.807, 2.05) is 28.8 Å². The van der Waals surface area contributed by atoms with Crippen molar-refractivity contribution in [2.24, 2.45) is 0 Å². The van der Waals surface area contributed by atoms with Crippen LogP contribution in [0.2, 0.25) is 0 Å². The first-order valence-electron chi connectivity index (χ1n) is 8.82. The Morgan fingerprint density at radius 1 is 1.33 bits per heavy atom. The van der Waals surface area contributed by atoms with Gasteiger partial charge >= 0.3 is 0 Å². The summed E-state index contributed by atoms with van der Waals surface area (Å²) in [7, 11) is 0. The summed E-state index contributed by atoms with van der Waals surface area (Å²) in [6.07, 6.45) is 9.73. The summed E-state index contributed by atoms with van der Waals surface area (Å²) < 4.78 is 11.9. The van der Waals surface area contributed by atoms with E-state index in [0.717, 1.165) is 43.9 Å². The minimum absolute atomic E-state index is 0.143. The number of pyridine rings is 1. The van der Waals surface area contributed by atoms with Gasteiger partial charge in [-0.3, -0.25) is 9.78 Å². The van der Waals surface area contributed by atoms with Crippen molar-refractivity contribution in [1.82, 2.24) is 9.88 Å². The number of thioether (sulfide) groups is 1. The van der Waals surface area contributed by atoms with E-state index >= 15 is 0 Å². The zero-order chi connectivity index (χ0) is 16.4. The van der Waals surface area contributed by atoms with Gasteiger partial charge < -0.3 is 14.4 Å². The molecule has 4 rings (SSSR count). The number of ether oxygens (including phenoxy) is 2. The quantitative estimate of drug-likeness (QED) is 0.818. The van der Waals surface area contributed by atoms with Crippen molar-refractivity contribution in [3.05, 3.63) is 24.5 Å². The summed E-state index contributed by atoms with van der Waals surface area (Å²) in [5.41, 5.74) is 0. The van der Waals surface area contributed by atoms with Crippen LogP contribution in [-0.2, 0) is 9.53 Å².